The molecule has 11 heteroatoms. The predicted octanol–water partition coefficient (Wildman–Crippen LogP) is 6.53. The van der Waals surface area contributed by atoms with Crippen molar-refractivity contribution in [1.29, 1.82) is 0 Å². The Morgan fingerprint density at radius 2 is 1.89 bits per heavy atom. The summed E-state index contributed by atoms with van der Waals surface area (Å²) in [6, 6.07) is 19.9. The number of anilines is 1. The lowest BCUT2D eigenvalue weighted by molar-refractivity contribution is -0.116. The molecule has 2 unspecified atom stereocenters. The molecule has 1 heterocycles. The lowest BCUT2D eigenvalue weighted by Crippen LogP contribution is -2.27. The van der Waals surface area contributed by atoms with Crippen LogP contribution in [-0.4, -0.2) is 45.4 Å². The average molecular weight is 576 g/mol. The van der Waals surface area contributed by atoms with Crippen LogP contribution < -0.4 is 14.8 Å². The SMILES string of the molecule is COc1ccc(CCOc2nc(-c3ccc(Cl)c(Cl)c3)n(-c3cccc(NC(=O)C4(Cl)CC4F)c3)n2)cc1. The van der Waals surface area contributed by atoms with Crippen molar-refractivity contribution in [2.45, 2.75) is 23.9 Å². The maximum atomic E-state index is 13.6. The number of aromatic nitrogens is 3. The molecular formula is C27H22Cl3FN4O3. The lowest BCUT2D eigenvalue weighted by atomic mass is 10.1. The second-order valence-electron chi connectivity index (χ2n) is 8.74. The molecule has 0 bridgehead atoms. The zero-order valence-electron chi connectivity index (χ0n) is 20.1. The first-order chi connectivity index (χ1) is 18.3. The molecule has 1 saturated carbocycles. The zero-order chi connectivity index (χ0) is 26.9. The third-order valence-corrected chi connectivity index (χ3v) is 7.39. The van der Waals surface area contributed by atoms with E-state index in [4.69, 9.17) is 44.3 Å². The summed E-state index contributed by atoms with van der Waals surface area (Å²) in [5.41, 5.74) is 2.74. The van der Waals surface area contributed by atoms with Gasteiger partial charge in [0, 0.05) is 24.1 Å². The van der Waals surface area contributed by atoms with E-state index >= 15 is 0 Å². The van der Waals surface area contributed by atoms with Crippen molar-refractivity contribution in [1.82, 2.24) is 14.8 Å². The number of benzene rings is 3. The van der Waals surface area contributed by atoms with Crippen molar-refractivity contribution >= 4 is 46.4 Å². The van der Waals surface area contributed by atoms with Gasteiger partial charge in [-0.05, 0) is 54.1 Å². The molecule has 3 aromatic carbocycles. The van der Waals surface area contributed by atoms with E-state index in [1.807, 2.05) is 24.3 Å². The fraction of sp³-hybridized carbons (Fsp3) is 0.222. The van der Waals surface area contributed by atoms with Gasteiger partial charge < -0.3 is 14.8 Å². The molecule has 196 valence electrons. The standard InChI is InChI=1S/C27H22Cl3FN4O3/c1-37-20-8-5-16(6-9-20)11-12-38-26-33-24(17-7-10-21(28)22(29)13-17)35(34-26)19-4-2-3-18(14-19)32-25(36)27(30)15-23(27)31/h2-10,13-14,23H,11-12,15H2,1H3,(H,32,36). The maximum absolute atomic E-state index is 13.6. The summed E-state index contributed by atoms with van der Waals surface area (Å²) in [6.07, 6.45) is -0.735. The van der Waals surface area contributed by atoms with Gasteiger partial charge in [-0.15, -0.1) is 16.7 Å². The number of rotatable bonds is 9. The molecule has 38 heavy (non-hydrogen) atoms. The topological polar surface area (TPSA) is 78.3 Å². The highest BCUT2D eigenvalue weighted by Crippen LogP contribution is 2.46. The minimum atomic E-state index is -1.51. The van der Waals surface area contributed by atoms with Gasteiger partial charge in [-0.3, -0.25) is 4.79 Å². The second kappa shape index (κ2) is 10.8. The number of nitrogens with one attached hydrogen (secondary N) is 1. The zero-order valence-corrected chi connectivity index (χ0v) is 22.4. The summed E-state index contributed by atoms with van der Waals surface area (Å²) in [5, 5.41) is 7.99. The second-order valence-corrected chi connectivity index (χ2v) is 10.2. The quantitative estimate of drug-likeness (QED) is 0.230. The number of hydrogen-bond donors (Lipinski definition) is 1. The van der Waals surface area contributed by atoms with Gasteiger partial charge in [0.05, 0.1) is 29.4 Å². The van der Waals surface area contributed by atoms with Crippen LogP contribution in [0.3, 0.4) is 0 Å². The van der Waals surface area contributed by atoms with Crippen molar-refractivity contribution in [3.05, 3.63) is 82.3 Å². The summed E-state index contributed by atoms with van der Waals surface area (Å²) >= 11 is 18.4. The summed E-state index contributed by atoms with van der Waals surface area (Å²) in [4.78, 5) is 15.5. The number of alkyl halides is 2. The molecule has 1 fully saturated rings. The molecule has 5 rings (SSSR count). The number of methoxy groups -OCH3 is 1. The summed E-state index contributed by atoms with van der Waals surface area (Å²) in [6.45, 7) is 0.343. The fourth-order valence-electron chi connectivity index (χ4n) is 3.80. The van der Waals surface area contributed by atoms with E-state index in [0.29, 0.717) is 45.8 Å². The Hall–Kier alpha value is -3.33. The Labute approximate surface area is 233 Å². The molecule has 1 aliphatic rings. The molecule has 2 atom stereocenters. The van der Waals surface area contributed by atoms with E-state index in [9.17, 15) is 9.18 Å². The third-order valence-electron chi connectivity index (χ3n) is 6.09. The van der Waals surface area contributed by atoms with Gasteiger partial charge in [0.25, 0.3) is 0 Å². The van der Waals surface area contributed by atoms with Crippen LogP contribution in [0.25, 0.3) is 17.1 Å². The molecule has 0 spiro atoms. The predicted molar refractivity (Wildman–Crippen MR) is 146 cm³/mol. The summed E-state index contributed by atoms with van der Waals surface area (Å²) in [7, 11) is 1.62. The minimum absolute atomic E-state index is 0.0120. The Balaban J connectivity index is 1.41. The van der Waals surface area contributed by atoms with Gasteiger partial charge in [0.1, 0.15) is 11.9 Å². The Kier molecular flexibility index (Phi) is 7.47. The number of ether oxygens (including phenoxy) is 2. The van der Waals surface area contributed by atoms with Gasteiger partial charge in [0.15, 0.2) is 10.7 Å². The Morgan fingerprint density at radius 1 is 1.13 bits per heavy atom. The lowest BCUT2D eigenvalue weighted by Gasteiger charge is -2.11. The molecule has 1 N–H and O–H groups in total. The molecule has 1 aliphatic carbocycles. The molecule has 0 aliphatic heterocycles. The molecule has 4 aromatic rings. The van der Waals surface area contributed by atoms with Gasteiger partial charge in [-0.2, -0.15) is 4.98 Å². The molecular weight excluding hydrogens is 554 g/mol. The monoisotopic (exact) mass is 574 g/mol. The first-order valence-electron chi connectivity index (χ1n) is 11.7. The first kappa shape index (κ1) is 26.3. The van der Waals surface area contributed by atoms with E-state index in [2.05, 4.69) is 15.4 Å². The van der Waals surface area contributed by atoms with Gasteiger partial charge >= 0.3 is 6.01 Å². The van der Waals surface area contributed by atoms with Gasteiger partial charge in [-0.25, -0.2) is 9.07 Å². The normalized spacial score (nSPS) is 18.2. The molecule has 1 amide bonds. The van der Waals surface area contributed by atoms with Crippen LogP contribution in [0.5, 0.6) is 11.8 Å². The summed E-state index contributed by atoms with van der Waals surface area (Å²) < 4.78 is 26.2. The fourth-order valence-corrected chi connectivity index (χ4v) is 4.28. The first-order valence-corrected chi connectivity index (χ1v) is 12.8. The van der Waals surface area contributed by atoms with Crippen molar-refractivity contribution in [2.75, 3.05) is 19.0 Å². The Bertz CT molecular complexity index is 1480. The van der Waals surface area contributed by atoms with Gasteiger partial charge in [0.2, 0.25) is 5.91 Å². The molecule has 0 saturated heterocycles. The van der Waals surface area contributed by atoms with Crippen LogP contribution in [0.1, 0.15) is 12.0 Å². The van der Waals surface area contributed by atoms with Crippen LogP contribution in [0, 0.1) is 0 Å². The van der Waals surface area contributed by atoms with Crippen LogP contribution in [0.15, 0.2) is 66.7 Å². The number of hydrogen-bond acceptors (Lipinski definition) is 5. The van der Waals surface area contributed by atoms with E-state index in [0.717, 1.165) is 11.3 Å². The summed E-state index contributed by atoms with van der Waals surface area (Å²) in [5.74, 6) is 0.642. The number of carbonyl (C=O) groups is 1. The van der Waals surface area contributed by atoms with Gasteiger partial charge in [-0.1, -0.05) is 41.4 Å². The van der Waals surface area contributed by atoms with Crippen LogP contribution in [-0.2, 0) is 11.2 Å². The highest BCUT2D eigenvalue weighted by Gasteiger charge is 2.60. The number of halogens is 4. The number of amides is 1. The van der Waals surface area contributed by atoms with E-state index in [1.54, 1.807) is 54.3 Å². The largest absolute Gasteiger partial charge is 0.497 e. The van der Waals surface area contributed by atoms with E-state index in [-0.39, 0.29) is 12.4 Å². The molecule has 7 nitrogen and oxygen atoms in total. The van der Waals surface area contributed by atoms with Crippen molar-refractivity contribution in [3.8, 4) is 28.8 Å². The van der Waals surface area contributed by atoms with Crippen LogP contribution in [0.2, 0.25) is 10.0 Å². The highest BCUT2D eigenvalue weighted by molar-refractivity contribution is 6.42. The Morgan fingerprint density at radius 3 is 2.58 bits per heavy atom. The molecule has 0 radical (unpaired) electrons. The van der Waals surface area contributed by atoms with Crippen LogP contribution in [0.4, 0.5) is 10.1 Å². The average Bonchev–Trinajstić information content (AvgIpc) is 3.33. The number of carbonyl (C=O) groups excluding carboxylic acids is 1. The third kappa shape index (κ3) is 5.57. The van der Waals surface area contributed by atoms with Crippen LogP contribution >= 0.6 is 34.8 Å². The minimum Gasteiger partial charge on any atom is -0.497 e. The van der Waals surface area contributed by atoms with Crippen molar-refractivity contribution in [2.24, 2.45) is 0 Å². The molecule has 1 aromatic heterocycles. The van der Waals surface area contributed by atoms with Crippen molar-refractivity contribution < 1.29 is 18.7 Å². The smallest absolute Gasteiger partial charge is 0.336 e. The number of nitrogens with zero attached hydrogens (tertiary/aromatic N) is 3. The highest BCUT2D eigenvalue weighted by atomic mass is 35.5. The maximum Gasteiger partial charge on any atom is 0.336 e. The van der Waals surface area contributed by atoms with Crippen molar-refractivity contribution in [3.63, 3.8) is 0 Å². The van der Waals surface area contributed by atoms with E-state index < -0.39 is 17.0 Å². The van der Waals surface area contributed by atoms with E-state index in [1.165, 1.54) is 0 Å².